The number of amides is 1. The van der Waals surface area contributed by atoms with Crippen LogP contribution in [0.3, 0.4) is 0 Å². The maximum absolute atomic E-state index is 11.1. The predicted molar refractivity (Wildman–Crippen MR) is 45.1 cm³/mol. The molecule has 11 heavy (non-hydrogen) atoms. The molecule has 60 valence electrons. The second-order valence-electron chi connectivity index (χ2n) is 2.95. The molecule has 1 amide bonds. The van der Waals surface area contributed by atoms with Crippen LogP contribution in [0.25, 0.3) is 0 Å². The van der Waals surface area contributed by atoms with E-state index in [0.717, 1.165) is 19.4 Å². The molecule has 0 radical (unpaired) electrons. The second-order valence-corrected chi connectivity index (χ2v) is 2.95. The minimum atomic E-state index is -0.205. The average Bonchev–Trinajstić information content (AvgIpc) is 2.01. The Morgan fingerprint density at radius 2 is 2.00 bits per heavy atom. The maximum atomic E-state index is 11.1. The summed E-state index contributed by atoms with van der Waals surface area (Å²) in [6.45, 7) is 8.03. The van der Waals surface area contributed by atoms with Crippen molar-refractivity contribution >= 4 is 5.91 Å². The number of hydrogen-bond donors (Lipinski definition) is 1. The van der Waals surface area contributed by atoms with E-state index in [9.17, 15) is 4.79 Å². The van der Waals surface area contributed by atoms with E-state index >= 15 is 0 Å². The Balaban J connectivity index is 2.63. The lowest BCUT2D eigenvalue weighted by Gasteiger charge is -2.39. The van der Waals surface area contributed by atoms with Gasteiger partial charge in [-0.2, -0.15) is 0 Å². The van der Waals surface area contributed by atoms with Gasteiger partial charge in [-0.1, -0.05) is 12.2 Å². The van der Waals surface area contributed by atoms with Crippen LogP contribution in [0.2, 0.25) is 0 Å². The number of hydrogen-bond acceptors (Lipinski definition) is 1. The minimum Gasteiger partial charge on any atom is -0.354 e. The van der Waals surface area contributed by atoms with Crippen LogP contribution in [0.5, 0.6) is 0 Å². The van der Waals surface area contributed by atoms with Gasteiger partial charge in [-0.05, 0) is 12.8 Å². The molecule has 2 nitrogen and oxygen atoms in total. The number of rotatable bonds is 4. The SMILES string of the molecule is C=CCC1(CC=C)CNC1=O. The molecule has 2 heteroatoms. The first-order chi connectivity index (χ1) is 5.25. The second kappa shape index (κ2) is 2.91. The molecule has 1 fully saturated rings. The lowest BCUT2D eigenvalue weighted by Crippen LogP contribution is -2.58. The molecule has 0 atom stereocenters. The monoisotopic (exact) mass is 151 g/mol. The van der Waals surface area contributed by atoms with Gasteiger partial charge >= 0.3 is 0 Å². The average molecular weight is 151 g/mol. The zero-order valence-electron chi connectivity index (χ0n) is 6.60. The van der Waals surface area contributed by atoms with Gasteiger partial charge in [0, 0.05) is 6.54 Å². The molecule has 1 rings (SSSR count). The Morgan fingerprint density at radius 1 is 1.45 bits per heavy atom. The zero-order chi connectivity index (χ0) is 8.32. The van der Waals surface area contributed by atoms with Crippen molar-refractivity contribution in [3.05, 3.63) is 25.3 Å². The van der Waals surface area contributed by atoms with E-state index in [1.165, 1.54) is 0 Å². The molecule has 0 aromatic rings. The van der Waals surface area contributed by atoms with Crippen molar-refractivity contribution in [3.63, 3.8) is 0 Å². The predicted octanol–water partition coefficient (Wildman–Crippen LogP) is 1.25. The summed E-state index contributed by atoms with van der Waals surface area (Å²) in [5.74, 6) is 0.136. The molecular formula is C9H13NO. The van der Waals surface area contributed by atoms with Crippen LogP contribution in [-0.2, 0) is 4.79 Å². The molecule has 0 saturated carbocycles. The Kier molecular flexibility index (Phi) is 2.13. The molecule has 1 N–H and O–H groups in total. The normalized spacial score (nSPS) is 19.8. The van der Waals surface area contributed by atoms with Crippen molar-refractivity contribution in [1.82, 2.24) is 5.32 Å². The summed E-state index contributed by atoms with van der Waals surface area (Å²) in [7, 11) is 0. The lowest BCUT2D eigenvalue weighted by molar-refractivity contribution is -0.139. The quantitative estimate of drug-likeness (QED) is 0.475. The van der Waals surface area contributed by atoms with Crippen LogP contribution in [0.15, 0.2) is 25.3 Å². The fourth-order valence-corrected chi connectivity index (χ4v) is 1.38. The molecule has 0 aromatic heterocycles. The van der Waals surface area contributed by atoms with Gasteiger partial charge in [0.2, 0.25) is 5.91 Å². The molecule has 0 bridgehead atoms. The standard InChI is InChI=1S/C9H13NO/c1-3-5-9(6-4-2)7-10-8(9)11/h3-4H,1-2,5-7H2,(H,10,11). The minimum absolute atomic E-state index is 0.136. The number of nitrogens with one attached hydrogen (secondary N) is 1. The molecule has 0 spiro atoms. The number of carbonyl (C=O) groups excluding carboxylic acids is 1. The van der Waals surface area contributed by atoms with E-state index in [0.29, 0.717) is 0 Å². The topological polar surface area (TPSA) is 29.1 Å². The zero-order valence-corrected chi connectivity index (χ0v) is 6.60. The summed E-state index contributed by atoms with van der Waals surface area (Å²) in [4.78, 5) is 11.1. The van der Waals surface area contributed by atoms with Crippen molar-refractivity contribution in [2.75, 3.05) is 6.54 Å². The van der Waals surface area contributed by atoms with Crippen molar-refractivity contribution in [2.45, 2.75) is 12.8 Å². The van der Waals surface area contributed by atoms with E-state index in [-0.39, 0.29) is 11.3 Å². The third-order valence-corrected chi connectivity index (χ3v) is 2.14. The summed E-state index contributed by atoms with van der Waals surface area (Å²) in [5.41, 5.74) is -0.205. The molecule has 1 heterocycles. The fraction of sp³-hybridized carbons (Fsp3) is 0.444. The van der Waals surface area contributed by atoms with Crippen molar-refractivity contribution in [3.8, 4) is 0 Å². The summed E-state index contributed by atoms with van der Waals surface area (Å²) in [6, 6.07) is 0. The van der Waals surface area contributed by atoms with Gasteiger partial charge in [-0.15, -0.1) is 13.2 Å². The maximum Gasteiger partial charge on any atom is 0.228 e. The van der Waals surface area contributed by atoms with E-state index in [2.05, 4.69) is 18.5 Å². The third-order valence-electron chi connectivity index (χ3n) is 2.14. The van der Waals surface area contributed by atoms with E-state index in [1.807, 2.05) is 0 Å². The van der Waals surface area contributed by atoms with Crippen molar-refractivity contribution in [2.24, 2.45) is 5.41 Å². The number of carbonyl (C=O) groups is 1. The fourth-order valence-electron chi connectivity index (χ4n) is 1.38. The highest BCUT2D eigenvalue weighted by molar-refractivity contribution is 5.88. The smallest absolute Gasteiger partial charge is 0.228 e. The van der Waals surface area contributed by atoms with Crippen LogP contribution in [-0.4, -0.2) is 12.5 Å². The molecule has 0 aromatic carbocycles. The third kappa shape index (κ3) is 1.20. The summed E-state index contributed by atoms with van der Waals surface area (Å²) in [6.07, 6.45) is 5.10. The summed E-state index contributed by atoms with van der Waals surface area (Å²) >= 11 is 0. The van der Waals surface area contributed by atoms with E-state index in [4.69, 9.17) is 0 Å². The Labute approximate surface area is 67.0 Å². The molecule has 1 aliphatic rings. The largest absolute Gasteiger partial charge is 0.354 e. The van der Waals surface area contributed by atoms with Gasteiger partial charge in [0.25, 0.3) is 0 Å². The van der Waals surface area contributed by atoms with Crippen LogP contribution < -0.4 is 5.32 Å². The highest BCUT2D eigenvalue weighted by atomic mass is 16.2. The summed E-state index contributed by atoms with van der Waals surface area (Å²) in [5, 5.41) is 2.73. The highest BCUT2D eigenvalue weighted by Gasteiger charge is 2.43. The number of β-lactam (4-membered cyclic amide) rings is 1. The van der Waals surface area contributed by atoms with Crippen molar-refractivity contribution < 1.29 is 4.79 Å². The van der Waals surface area contributed by atoms with Crippen molar-refractivity contribution in [1.29, 1.82) is 0 Å². The Hall–Kier alpha value is -1.05. The number of allylic oxidation sites excluding steroid dienone is 2. The lowest BCUT2D eigenvalue weighted by atomic mass is 9.75. The van der Waals surface area contributed by atoms with Gasteiger partial charge in [0.1, 0.15) is 0 Å². The first kappa shape index (κ1) is 8.05. The van der Waals surface area contributed by atoms with E-state index < -0.39 is 0 Å². The first-order valence-electron chi connectivity index (χ1n) is 3.75. The van der Waals surface area contributed by atoms with Gasteiger partial charge in [0.15, 0.2) is 0 Å². The van der Waals surface area contributed by atoms with Gasteiger partial charge in [0.05, 0.1) is 5.41 Å². The summed E-state index contributed by atoms with van der Waals surface area (Å²) < 4.78 is 0. The molecule has 0 unspecified atom stereocenters. The van der Waals surface area contributed by atoms with E-state index in [1.54, 1.807) is 12.2 Å². The Bertz CT molecular complexity index is 186. The van der Waals surface area contributed by atoms with Crippen LogP contribution in [0.1, 0.15) is 12.8 Å². The molecule has 0 aliphatic carbocycles. The Morgan fingerprint density at radius 3 is 2.18 bits per heavy atom. The van der Waals surface area contributed by atoms with Crippen LogP contribution >= 0.6 is 0 Å². The molecule has 1 saturated heterocycles. The van der Waals surface area contributed by atoms with Gasteiger partial charge < -0.3 is 5.32 Å². The van der Waals surface area contributed by atoms with Crippen LogP contribution in [0, 0.1) is 5.41 Å². The first-order valence-corrected chi connectivity index (χ1v) is 3.75. The van der Waals surface area contributed by atoms with Crippen LogP contribution in [0.4, 0.5) is 0 Å². The molecule has 1 aliphatic heterocycles. The van der Waals surface area contributed by atoms with Gasteiger partial charge in [-0.25, -0.2) is 0 Å². The van der Waals surface area contributed by atoms with Gasteiger partial charge in [-0.3, -0.25) is 4.79 Å². The highest BCUT2D eigenvalue weighted by Crippen LogP contribution is 2.32. The molecular weight excluding hydrogens is 138 g/mol.